The molecule has 0 aromatic heterocycles. The van der Waals surface area contributed by atoms with Crippen LogP contribution in [0.4, 0.5) is 17.1 Å². The smallest absolute Gasteiger partial charge is 0.292 e. The molecule has 1 heterocycles. The highest BCUT2D eigenvalue weighted by Crippen LogP contribution is 2.54. The lowest BCUT2D eigenvalue weighted by Gasteiger charge is -2.54. The second-order valence-corrected chi connectivity index (χ2v) is 13.8. The van der Waals surface area contributed by atoms with Gasteiger partial charge >= 0.3 is 0 Å². The molecule has 4 saturated carbocycles. The number of rotatable bonds is 6. The molecule has 1 N–H and O–H groups in total. The molecule has 36 heavy (non-hydrogen) atoms. The van der Waals surface area contributed by atoms with E-state index in [0.717, 1.165) is 22.0 Å². The van der Waals surface area contributed by atoms with Gasteiger partial charge in [-0.15, -0.1) is 0 Å². The molecule has 2 aromatic rings. The van der Waals surface area contributed by atoms with E-state index in [4.69, 9.17) is 0 Å². The van der Waals surface area contributed by atoms with Crippen LogP contribution in [0.2, 0.25) is 0 Å². The van der Waals surface area contributed by atoms with E-state index in [1.807, 2.05) is 6.07 Å². The maximum absolute atomic E-state index is 13.1. The van der Waals surface area contributed by atoms with Crippen molar-refractivity contribution >= 4 is 43.0 Å². The summed E-state index contributed by atoms with van der Waals surface area (Å²) >= 11 is 3.35. The topological polar surface area (TPSA) is 95.8 Å². The third-order valence-electron chi connectivity index (χ3n) is 8.78. The predicted molar refractivity (Wildman–Crippen MR) is 143 cm³/mol. The van der Waals surface area contributed by atoms with Crippen molar-refractivity contribution in [3.63, 3.8) is 0 Å². The number of hydrogen-bond donors (Lipinski definition) is 1. The molecule has 1 aliphatic heterocycles. The molecule has 2 aromatic carbocycles. The van der Waals surface area contributed by atoms with E-state index in [-0.39, 0.29) is 15.5 Å². The number of nitro groups is 1. The average Bonchev–Trinajstić information content (AvgIpc) is 2.86. The number of hydrogen-bond acceptors (Lipinski definition) is 6. The maximum Gasteiger partial charge on any atom is 0.292 e. The fourth-order valence-electron chi connectivity index (χ4n) is 7.28. The number of benzene rings is 2. The summed E-state index contributed by atoms with van der Waals surface area (Å²) in [5.41, 5.74) is 1.61. The van der Waals surface area contributed by atoms with Gasteiger partial charge in [0.15, 0.2) is 0 Å². The zero-order chi connectivity index (χ0) is 25.0. The highest BCUT2D eigenvalue weighted by Gasteiger charge is 2.48. The van der Waals surface area contributed by atoms with E-state index in [2.05, 4.69) is 26.1 Å². The third kappa shape index (κ3) is 4.41. The first-order valence-corrected chi connectivity index (χ1v) is 15.1. The Balaban J connectivity index is 1.18. The second kappa shape index (κ2) is 9.29. The lowest BCUT2D eigenvalue weighted by molar-refractivity contribution is -0.384. The molecule has 4 aliphatic carbocycles. The molecule has 8 nitrogen and oxygen atoms in total. The van der Waals surface area contributed by atoms with Crippen LogP contribution in [0.3, 0.4) is 0 Å². The van der Waals surface area contributed by atoms with Gasteiger partial charge in [-0.25, -0.2) is 8.42 Å². The molecular formula is C26H31BrN4O4S. The molecule has 0 radical (unpaired) electrons. The molecule has 4 bridgehead atoms. The fourth-order valence-corrected chi connectivity index (χ4v) is 8.96. The summed E-state index contributed by atoms with van der Waals surface area (Å²) in [4.78, 5) is 14.0. The van der Waals surface area contributed by atoms with E-state index in [1.54, 1.807) is 36.4 Å². The van der Waals surface area contributed by atoms with Crippen molar-refractivity contribution in [1.82, 2.24) is 4.31 Å². The lowest BCUT2D eigenvalue weighted by Crippen LogP contribution is -2.51. The summed E-state index contributed by atoms with van der Waals surface area (Å²) < 4.78 is 28.5. The SMILES string of the molecule is O=[N+]([O-])c1ccc(N2CCN(S(=O)(=O)c3ccc(Br)cc3)CC2)cc1NC1C2CC3CC(C2)CC1C3. The Hall–Kier alpha value is -2.17. The van der Waals surface area contributed by atoms with Gasteiger partial charge < -0.3 is 10.2 Å². The van der Waals surface area contributed by atoms with Gasteiger partial charge in [0, 0.05) is 48.4 Å². The first-order chi connectivity index (χ1) is 17.3. The van der Waals surface area contributed by atoms with Crippen LogP contribution >= 0.6 is 15.9 Å². The number of nitrogens with one attached hydrogen (secondary N) is 1. The van der Waals surface area contributed by atoms with Crippen molar-refractivity contribution < 1.29 is 13.3 Å². The summed E-state index contributed by atoms with van der Waals surface area (Å²) in [7, 11) is -3.56. The van der Waals surface area contributed by atoms with Gasteiger partial charge in [-0.05, 0) is 92.2 Å². The number of piperazine rings is 1. The Morgan fingerprint density at radius 3 is 2.08 bits per heavy atom. The minimum absolute atomic E-state index is 0.115. The summed E-state index contributed by atoms with van der Waals surface area (Å²) in [6.45, 7) is 1.80. The molecular weight excluding hydrogens is 544 g/mol. The van der Waals surface area contributed by atoms with Gasteiger partial charge in [-0.2, -0.15) is 4.31 Å². The summed E-state index contributed by atoms with van der Waals surface area (Å²) in [5, 5.41) is 15.5. The first-order valence-electron chi connectivity index (χ1n) is 12.8. The molecule has 0 spiro atoms. The highest BCUT2D eigenvalue weighted by atomic mass is 79.9. The number of anilines is 2. The molecule has 1 saturated heterocycles. The molecule has 192 valence electrons. The molecule has 5 fully saturated rings. The van der Waals surface area contributed by atoms with Gasteiger partial charge in [0.05, 0.1) is 9.82 Å². The zero-order valence-electron chi connectivity index (χ0n) is 20.1. The number of sulfonamides is 1. The molecule has 7 rings (SSSR count). The van der Waals surface area contributed by atoms with E-state index in [9.17, 15) is 18.5 Å². The number of nitrogens with zero attached hydrogens (tertiary/aromatic N) is 3. The van der Waals surface area contributed by atoms with Crippen molar-refractivity contribution in [2.75, 3.05) is 36.4 Å². The molecule has 0 amide bonds. The van der Waals surface area contributed by atoms with E-state index in [0.29, 0.717) is 49.7 Å². The van der Waals surface area contributed by atoms with Crippen molar-refractivity contribution in [3.05, 3.63) is 57.1 Å². The quantitative estimate of drug-likeness (QED) is 0.380. The predicted octanol–water partition coefficient (Wildman–Crippen LogP) is 5.10. The largest absolute Gasteiger partial charge is 0.376 e. The second-order valence-electron chi connectivity index (χ2n) is 10.9. The minimum atomic E-state index is -3.56. The Labute approximate surface area is 220 Å². The van der Waals surface area contributed by atoms with Crippen molar-refractivity contribution in [2.24, 2.45) is 23.7 Å². The van der Waals surface area contributed by atoms with Gasteiger partial charge in [-0.1, -0.05) is 15.9 Å². The minimum Gasteiger partial charge on any atom is -0.376 e. The van der Waals surface area contributed by atoms with E-state index in [1.165, 1.54) is 36.4 Å². The fraction of sp³-hybridized carbons (Fsp3) is 0.538. The first kappa shape index (κ1) is 24.2. The van der Waals surface area contributed by atoms with Crippen molar-refractivity contribution in [2.45, 2.75) is 43.0 Å². The summed E-state index contributed by atoms with van der Waals surface area (Å²) in [6, 6.07) is 12.3. The van der Waals surface area contributed by atoms with Crippen molar-refractivity contribution in [3.8, 4) is 0 Å². The standard InChI is InChI=1S/C26H31BrN4O4S/c27-21-1-4-23(5-2-21)36(34,35)30-9-7-29(8-10-30)22-3-6-25(31(32)33)24(16-22)28-26-19-12-17-11-18(14-19)15-20(26)13-17/h1-6,16-20,26,28H,7-15H2. The van der Waals surface area contributed by atoms with Crippen LogP contribution in [-0.2, 0) is 10.0 Å². The van der Waals surface area contributed by atoms with Crippen LogP contribution in [0.25, 0.3) is 0 Å². The molecule has 10 heteroatoms. The van der Waals surface area contributed by atoms with Crippen LogP contribution < -0.4 is 10.2 Å². The summed E-state index contributed by atoms with van der Waals surface area (Å²) in [6.07, 6.45) is 6.35. The zero-order valence-corrected chi connectivity index (χ0v) is 22.5. The third-order valence-corrected chi connectivity index (χ3v) is 11.2. The van der Waals surface area contributed by atoms with Crippen LogP contribution in [0.1, 0.15) is 32.1 Å². The van der Waals surface area contributed by atoms with Crippen molar-refractivity contribution in [1.29, 1.82) is 0 Å². The number of nitro benzene ring substituents is 1. The van der Waals surface area contributed by atoms with Crippen LogP contribution in [0, 0.1) is 33.8 Å². The van der Waals surface area contributed by atoms with E-state index >= 15 is 0 Å². The van der Waals surface area contributed by atoms with E-state index < -0.39 is 10.0 Å². The summed E-state index contributed by atoms with van der Waals surface area (Å²) in [5.74, 6) is 2.91. The Morgan fingerprint density at radius 2 is 1.50 bits per heavy atom. The van der Waals surface area contributed by atoms with Gasteiger partial charge in [0.1, 0.15) is 5.69 Å². The van der Waals surface area contributed by atoms with Crippen LogP contribution in [0.5, 0.6) is 0 Å². The number of halogens is 1. The average molecular weight is 576 g/mol. The maximum atomic E-state index is 13.1. The lowest BCUT2D eigenvalue weighted by atomic mass is 9.54. The Kier molecular flexibility index (Phi) is 6.24. The Bertz CT molecular complexity index is 1230. The van der Waals surface area contributed by atoms with Crippen LogP contribution in [0.15, 0.2) is 51.8 Å². The van der Waals surface area contributed by atoms with Gasteiger partial charge in [0.25, 0.3) is 5.69 Å². The van der Waals surface area contributed by atoms with Gasteiger partial charge in [-0.3, -0.25) is 10.1 Å². The normalized spacial score (nSPS) is 29.9. The monoisotopic (exact) mass is 574 g/mol. The van der Waals surface area contributed by atoms with Crippen LogP contribution in [-0.4, -0.2) is 49.9 Å². The molecule has 0 unspecified atom stereocenters. The highest BCUT2D eigenvalue weighted by molar-refractivity contribution is 9.10. The molecule has 0 atom stereocenters. The van der Waals surface area contributed by atoms with Gasteiger partial charge in [0.2, 0.25) is 10.0 Å². The Morgan fingerprint density at radius 1 is 0.889 bits per heavy atom. The molecule has 5 aliphatic rings.